The largest absolute Gasteiger partial charge is 0.363 e. The summed E-state index contributed by atoms with van der Waals surface area (Å²) in [6.45, 7) is 10.5. The van der Waals surface area contributed by atoms with Gasteiger partial charge in [0.2, 0.25) is 27.6 Å². The van der Waals surface area contributed by atoms with E-state index < -0.39 is 63.2 Å². The molecule has 13 nitrogen and oxygen atoms in total. The van der Waals surface area contributed by atoms with E-state index >= 15 is 0 Å². The van der Waals surface area contributed by atoms with Crippen LogP contribution in [0.3, 0.4) is 0 Å². The second-order valence-electron chi connectivity index (χ2n) is 17.5. The lowest BCUT2D eigenvalue weighted by Crippen LogP contribution is -2.61. The van der Waals surface area contributed by atoms with Crippen molar-refractivity contribution in [3.63, 3.8) is 0 Å². The minimum Gasteiger partial charge on any atom is -0.363 e. The number of nitrogens with one attached hydrogen (secondary N) is 3. The molecule has 3 aliphatic carbocycles. The highest BCUT2D eigenvalue weighted by Gasteiger charge is 2.69. The van der Waals surface area contributed by atoms with Crippen molar-refractivity contribution in [2.75, 3.05) is 13.1 Å². The quantitative estimate of drug-likeness (QED) is 0.237. The zero-order chi connectivity index (χ0) is 37.7. The van der Waals surface area contributed by atoms with Crippen molar-refractivity contribution in [3.8, 4) is 0 Å². The third-order valence-corrected chi connectivity index (χ3v) is 14.7. The molecule has 5 aliphatic rings. The van der Waals surface area contributed by atoms with Gasteiger partial charge in [-0.15, -0.1) is 0 Å². The number of likely N-dealkylation sites (tertiary alicyclic amines) is 1. The van der Waals surface area contributed by atoms with Gasteiger partial charge in [-0.05, 0) is 65.4 Å². The van der Waals surface area contributed by atoms with Crippen molar-refractivity contribution in [2.45, 2.75) is 128 Å². The van der Waals surface area contributed by atoms with Crippen molar-refractivity contribution >= 4 is 39.6 Å². The van der Waals surface area contributed by atoms with Crippen molar-refractivity contribution < 1.29 is 32.4 Å². The lowest BCUT2D eigenvalue weighted by atomic mass is 9.80. The van der Waals surface area contributed by atoms with E-state index in [0.717, 1.165) is 51.4 Å². The number of rotatable bonds is 12. The predicted molar refractivity (Wildman–Crippen MR) is 194 cm³/mol. The van der Waals surface area contributed by atoms with Crippen LogP contribution in [0.2, 0.25) is 0 Å². The molecule has 5 amide bonds. The number of nitrogens with zero attached hydrogens (tertiary/aromatic N) is 2. The summed E-state index contributed by atoms with van der Waals surface area (Å²) in [6.07, 6.45) is 7.53. The second kappa shape index (κ2) is 14.4. The molecule has 2 unspecified atom stereocenters. The Morgan fingerprint density at radius 1 is 0.942 bits per heavy atom. The van der Waals surface area contributed by atoms with Crippen LogP contribution >= 0.6 is 0 Å². The molecule has 0 radical (unpaired) electrons. The molecular formula is C38H56N6O7S. The summed E-state index contributed by atoms with van der Waals surface area (Å²) in [5, 5.41) is 8.85. The zero-order valence-electron chi connectivity index (χ0n) is 31.2. The summed E-state index contributed by atoms with van der Waals surface area (Å²) in [7, 11) is -3.74. The maximum atomic E-state index is 14.7. The molecular weight excluding hydrogens is 685 g/mol. The van der Waals surface area contributed by atoms with Crippen LogP contribution in [0.15, 0.2) is 29.2 Å². The minimum atomic E-state index is -3.74. The Morgan fingerprint density at radius 3 is 2.21 bits per heavy atom. The van der Waals surface area contributed by atoms with Gasteiger partial charge in [0.15, 0.2) is 0 Å². The van der Waals surface area contributed by atoms with Gasteiger partial charge in [0.25, 0.3) is 5.91 Å². The predicted octanol–water partition coefficient (Wildman–Crippen LogP) is 3.07. The maximum Gasteiger partial charge on any atom is 0.315 e. The first kappa shape index (κ1) is 38.2. The van der Waals surface area contributed by atoms with Crippen LogP contribution in [-0.4, -0.2) is 84.4 Å². The standard InChI is InChI=1S/C38H56N6O7S/c1-37(2,3)28(21-43-19-24-16-9-10-17-27(24)52(43,50)51)41-36(49)42-30(23-14-7-6-8-15-23)35(48)44-20-25-29(38(25,4)5)31(44)34(47)40-26(32(45)33(39)46)18-22-12-11-13-22/h9-10,16-17,22-23,25-26,28-31H,6-8,11-15,18-21H2,1-5H3,(H2,39,46)(H,40,47)(H2,41,42,49)/t25-,26?,28+,29?,30-,31-/m0/s1. The first-order valence-corrected chi connectivity index (χ1v) is 20.4. The Hall–Kier alpha value is -3.52. The molecule has 5 N–H and O–H groups in total. The van der Waals surface area contributed by atoms with E-state index in [9.17, 15) is 32.4 Å². The van der Waals surface area contributed by atoms with Gasteiger partial charge in [-0.2, -0.15) is 4.31 Å². The number of hydrogen-bond donors (Lipinski definition) is 4. The van der Waals surface area contributed by atoms with Gasteiger partial charge in [-0.3, -0.25) is 19.2 Å². The lowest BCUT2D eigenvalue weighted by molar-refractivity contribution is -0.144. The second-order valence-corrected chi connectivity index (χ2v) is 19.4. The number of sulfonamides is 1. The first-order valence-electron chi connectivity index (χ1n) is 19.0. The number of urea groups is 1. The smallest absolute Gasteiger partial charge is 0.315 e. The Labute approximate surface area is 307 Å². The SMILES string of the molecule is CC(C)(C)[C@@H](CN1Cc2ccccc2S1(=O)=O)NC(=O)N[C@H](C(=O)N1C[C@H]2C([C@H]1C(=O)NC(CC1CCC1)C(=O)C(N)=O)C2(C)C)C1CCCCC1. The van der Waals surface area contributed by atoms with Gasteiger partial charge in [0.05, 0.1) is 10.9 Å². The highest BCUT2D eigenvalue weighted by atomic mass is 32.2. The molecule has 0 spiro atoms. The van der Waals surface area contributed by atoms with Gasteiger partial charge in [-0.1, -0.05) is 91.3 Å². The Balaban J connectivity index is 1.20. The summed E-state index contributed by atoms with van der Waals surface area (Å²) in [5.41, 5.74) is 5.36. The fourth-order valence-corrected chi connectivity index (χ4v) is 10.8. The van der Waals surface area contributed by atoms with E-state index in [0.29, 0.717) is 18.5 Å². The van der Waals surface area contributed by atoms with Gasteiger partial charge in [0, 0.05) is 25.7 Å². The van der Waals surface area contributed by atoms with E-state index in [1.807, 2.05) is 20.8 Å². The molecule has 6 atom stereocenters. The number of carbonyl (C=O) groups is 5. The third-order valence-electron chi connectivity index (χ3n) is 12.8. The molecule has 1 aromatic carbocycles. The molecule has 2 aliphatic heterocycles. The minimum absolute atomic E-state index is 0.0504. The average molecular weight is 741 g/mol. The van der Waals surface area contributed by atoms with E-state index in [2.05, 4.69) is 29.8 Å². The normalized spacial score (nSPS) is 26.9. The molecule has 0 aromatic heterocycles. The fraction of sp³-hybridized carbons (Fsp3) is 0.711. The zero-order valence-corrected chi connectivity index (χ0v) is 32.0. The summed E-state index contributed by atoms with van der Waals surface area (Å²) < 4.78 is 28.2. The molecule has 14 heteroatoms. The highest BCUT2D eigenvalue weighted by molar-refractivity contribution is 7.89. The molecule has 6 rings (SSSR count). The number of amides is 5. The van der Waals surface area contributed by atoms with Crippen LogP contribution in [0.4, 0.5) is 4.79 Å². The van der Waals surface area contributed by atoms with Gasteiger partial charge >= 0.3 is 6.03 Å². The number of Topliss-reactive ketones (excluding diaryl/α,β-unsaturated/α-hetero) is 1. The van der Waals surface area contributed by atoms with Crippen LogP contribution in [0.1, 0.15) is 98.0 Å². The van der Waals surface area contributed by atoms with Crippen LogP contribution in [0.25, 0.3) is 0 Å². The number of ketones is 1. The van der Waals surface area contributed by atoms with Crippen LogP contribution in [0, 0.1) is 34.5 Å². The molecule has 0 bridgehead atoms. The summed E-state index contributed by atoms with van der Waals surface area (Å²) >= 11 is 0. The number of carbonyl (C=O) groups excluding carboxylic acids is 5. The molecule has 286 valence electrons. The average Bonchev–Trinajstić information content (AvgIpc) is 3.33. The fourth-order valence-electron chi connectivity index (χ4n) is 9.11. The number of piperidine rings is 1. The summed E-state index contributed by atoms with van der Waals surface area (Å²) in [4.78, 5) is 69.4. The topological polar surface area (TPSA) is 188 Å². The van der Waals surface area contributed by atoms with E-state index in [4.69, 9.17) is 5.73 Å². The van der Waals surface area contributed by atoms with Crippen molar-refractivity contribution in [1.29, 1.82) is 0 Å². The Bertz CT molecular complexity index is 1700. The summed E-state index contributed by atoms with van der Waals surface area (Å²) in [6, 6.07) is 2.91. The van der Waals surface area contributed by atoms with Crippen molar-refractivity contribution in [1.82, 2.24) is 25.2 Å². The van der Waals surface area contributed by atoms with E-state index in [-0.39, 0.29) is 53.0 Å². The summed E-state index contributed by atoms with van der Waals surface area (Å²) in [5.74, 6) is -2.74. The van der Waals surface area contributed by atoms with Gasteiger partial charge < -0.3 is 26.6 Å². The molecule has 3 saturated carbocycles. The Morgan fingerprint density at radius 2 is 1.62 bits per heavy atom. The monoisotopic (exact) mass is 740 g/mol. The molecule has 1 aromatic rings. The molecule has 2 heterocycles. The molecule has 4 fully saturated rings. The van der Waals surface area contributed by atoms with Crippen LogP contribution in [-0.2, 0) is 35.7 Å². The molecule has 1 saturated heterocycles. The highest BCUT2D eigenvalue weighted by Crippen LogP contribution is 2.65. The number of hydrogen-bond acceptors (Lipinski definition) is 7. The first-order chi connectivity index (χ1) is 24.4. The van der Waals surface area contributed by atoms with E-state index in [1.165, 1.54) is 4.31 Å². The van der Waals surface area contributed by atoms with Gasteiger partial charge in [0.1, 0.15) is 12.1 Å². The Kier molecular flexibility index (Phi) is 10.6. The molecule has 52 heavy (non-hydrogen) atoms. The number of fused-ring (bicyclic) bond motifs is 2. The van der Waals surface area contributed by atoms with Crippen LogP contribution in [0.5, 0.6) is 0 Å². The van der Waals surface area contributed by atoms with E-state index in [1.54, 1.807) is 29.2 Å². The van der Waals surface area contributed by atoms with Crippen LogP contribution < -0.4 is 21.7 Å². The lowest BCUT2D eigenvalue weighted by Gasteiger charge is -2.38. The third kappa shape index (κ3) is 7.47. The van der Waals surface area contributed by atoms with Gasteiger partial charge in [-0.25, -0.2) is 13.2 Å². The van der Waals surface area contributed by atoms with Crippen molar-refractivity contribution in [3.05, 3.63) is 29.8 Å². The van der Waals surface area contributed by atoms with Crippen molar-refractivity contribution in [2.24, 2.45) is 40.2 Å². The number of primary amides is 1. The maximum absolute atomic E-state index is 14.7. The number of benzene rings is 1. The number of nitrogens with two attached hydrogens (primary N) is 1.